The zero-order valence-corrected chi connectivity index (χ0v) is 17.8. The van der Waals surface area contributed by atoms with E-state index in [1.54, 1.807) is 0 Å². The van der Waals surface area contributed by atoms with Crippen LogP contribution in [0.4, 0.5) is 5.69 Å². The van der Waals surface area contributed by atoms with Gasteiger partial charge in [0.2, 0.25) is 0 Å². The predicted octanol–water partition coefficient (Wildman–Crippen LogP) is 5.04. The van der Waals surface area contributed by atoms with E-state index in [-0.39, 0.29) is 0 Å². The Morgan fingerprint density at radius 1 is 1.14 bits per heavy atom. The highest BCUT2D eigenvalue weighted by Crippen LogP contribution is 2.31. The van der Waals surface area contributed by atoms with Gasteiger partial charge < -0.3 is 15.5 Å². The molecule has 3 rings (SSSR count). The van der Waals surface area contributed by atoms with E-state index in [0.29, 0.717) is 12.5 Å². The number of nitrogens with one attached hydrogen (secondary N) is 2. The molecule has 0 aliphatic carbocycles. The minimum absolute atomic E-state index is 0.473. The average molecular weight is 400 g/mol. The molecule has 0 atom stereocenters. The van der Waals surface area contributed by atoms with Crippen LogP contribution in [0.25, 0.3) is 0 Å². The second-order valence-electron chi connectivity index (χ2n) is 7.73. The maximum absolute atomic E-state index is 6.51. The second-order valence-corrected chi connectivity index (χ2v) is 8.13. The summed E-state index contributed by atoms with van der Waals surface area (Å²) in [6, 6.07) is 12.6. The number of rotatable bonds is 7. The summed E-state index contributed by atoms with van der Waals surface area (Å²) < 4.78 is 0. The van der Waals surface area contributed by atoms with Gasteiger partial charge in [-0.25, -0.2) is 0 Å². The minimum atomic E-state index is 0.473. The molecule has 0 amide bonds. The van der Waals surface area contributed by atoms with E-state index in [1.807, 2.05) is 13.0 Å². The summed E-state index contributed by atoms with van der Waals surface area (Å²) in [5.74, 6) is 0.473. The highest BCUT2D eigenvalue weighted by Gasteiger charge is 2.14. The molecular weight excluding hydrogens is 370 g/mol. The zero-order chi connectivity index (χ0) is 19.9. The molecule has 2 aromatic rings. The van der Waals surface area contributed by atoms with Crippen LogP contribution in [0, 0.1) is 5.92 Å². The molecule has 0 spiro atoms. The molecule has 5 heteroatoms. The van der Waals surface area contributed by atoms with E-state index >= 15 is 0 Å². The van der Waals surface area contributed by atoms with Gasteiger partial charge in [0.1, 0.15) is 6.61 Å². The van der Waals surface area contributed by atoms with Crippen LogP contribution in [0.15, 0.2) is 41.6 Å². The van der Waals surface area contributed by atoms with E-state index in [2.05, 4.69) is 60.0 Å². The molecule has 2 aromatic carbocycles. The van der Waals surface area contributed by atoms with E-state index < -0.39 is 0 Å². The maximum Gasteiger partial charge on any atom is 0.119 e. The molecule has 4 nitrogen and oxygen atoms in total. The van der Waals surface area contributed by atoms with Gasteiger partial charge in [0.25, 0.3) is 0 Å². The van der Waals surface area contributed by atoms with Crippen molar-refractivity contribution >= 4 is 23.0 Å². The molecule has 1 heterocycles. The van der Waals surface area contributed by atoms with Gasteiger partial charge in [-0.1, -0.05) is 60.9 Å². The number of nitrogens with zero attached hydrogens (tertiary/aromatic N) is 1. The van der Waals surface area contributed by atoms with Gasteiger partial charge in [-0.2, -0.15) is 0 Å². The topological polar surface area (TPSA) is 45.6 Å². The average Bonchev–Trinajstić information content (AvgIpc) is 2.93. The lowest BCUT2D eigenvalue weighted by molar-refractivity contribution is 0.118. The Hall–Kier alpha value is -2.04. The SMILES string of the molecule is CC(=NOCC(C)C)c1ccc(CNc2c(Cl)ccc3c2CCNCC3)cc1. The van der Waals surface area contributed by atoms with Crippen molar-refractivity contribution in [3.63, 3.8) is 0 Å². The van der Waals surface area contributed by atoms with Crippen molar-refractivity contribution in [2.24, 2.45) is 11.1 Å². The van der Waals surface area contributed by atoms with Crippen LogP contribution in [0.5, 0.6) is 0 Å². The molecular formula is C23H30ClN3O. The van der Waals surface area contributed by atoms with Crippen LogP contribution >= 0.6 is 11.6 Å². The van der Waals surface area contributed by atoms with E-state index in [9.17, 15) is 0 Å². The molecule has 2 N–H and O–H groups in total. The Bertz CT molecular complexity index is 815. The molecule has 0 bridgehead atoms. The van der Waals surface area contributed by atoms with Crippen LogP contribution in [0.3, 0.4) is 0 Å². The van der Waals surface area contributed by atoms with Gasteiger partial charge in [0.05, 0.1) is 16.4 Å². The van der Waals surface area contributed by atoms with Crippen molar-refractivity contribution in [3.8, 4) is 0 Å². The maximum atomic E-state index is 6.51. The lowest BCUT2D eigenvalue weighted by atomic mass is 10.0. The fraction of sp³-hybridized carbons (Fsp3) is 0.435. The van der Waals surface area contributed by atoms with Crippen molar-refractivity contribution in [2.75, 3.05) is 25.0 Å². The van der Waals surface area contributed by atoms with Crippen molar-refractivity contribution < 1.29 is 4.84 Å². The van der Waals surface area contributed by atoms with Crippen LogP contribution in [-0.2, 0) is 24.2 Å². The van der Waals surface area contributed by atoms with E-state index in [0.717, 1.165) is 54.5 Å². The van der Waals surface area contributed by atoms with E-state index in [4.69, 9.17) is 16.4 Å². The Balaban J connectivity index is 1.66. The Kier molecular flexibility index (Phi) is 7.35. The Morgan fingerprint density at radius 2 is 1.89 bits per heavy atom. The summed E-state index contributed by atoms with van der Waals surface area (Å²) in [4.78, 5) is 5.38. The first kappa shape index (κ1) is 20.7. The number of benzene rings is 2. The number of anilines is 1. The third kappa shape index (κ3) is 5.49. The first-order chi connectivity index (χ1) is 13.5. The van der Waals surface area contributed by atoms with Crippen LogP contribution in [0.1, 0.15) is 43.0 Å². The summed E-state index contributed by atoms with van der Waals surface area (Å²) >= 11 is 6.51. The number of hydrogen-bond donors (Lipinski definition) is 2. The largest absolute Gasteiger partial charge is 0.395 e. The van der Waals surface area contributed by atoms with Crippen molar-refractivity contribution in [2.45, 2.75) is 40.2 Å². The zero-order valence-electron chi connectivity index (χ0n) is 17.0. The molecule has 0 saturated heterocycles. The van der Waals surface area contributed by atoms with Gasteiger partial charge in [0, 0.05) is 6.54 Å². The fourth-order valence-electron chi connectivity index (χ4n) is 3.32. The van der Waals surface area contributed by atoms with E-state index in [1.165, 1.54) is 16.7 Å². The number of fused-ring (bicyclic) bond motifs is 1. The lowest BCUT2D eigenvalue weighted by Gasteiger charge is -2.16. The number of hydrogen-bond acceptors (Lipinski definition) is 4. The minimum Gasteiger partial charge on any atom is -0.395 e. The Morgan fingerprint density at radius 3 is 2.64 bits per heavy atom. The first-order valence-electron chi connectivity index (χ1n) is 10.1. The highest BCUT2D eigenvalue weighted by atomic mass is 35.5. The van der Waals surface area contributed by atoms with Crippen molar-refractivity contribution in [1.29, 1.82) is 0 Å². The van der Waals surface area contributed by atoms with Gasteiger partial charge in [-0.05, 0) is 67.1 Å². The molecule has 0 aromatic heterocycles. The summed E-state index contributed by atoms with van der Waals surface area (Å²) in [6.07, 6.45) is 2.05. The summed E-state index contributed by atoms with van der Waals surface area (Å²) in [5.41, 5.74) is 6.99. The molecule has 0 unspecified atom stereocenters. The molecule has 0 fully saturated rings. The van der Waals surface area contributed by atoms with Gasteiger partial charge in [0.15, 0.2) is 0 Å². The molecule has 150 valence electrons. The van der Waals surface area contributed by atoms with Crippen LogP contribution in [-0.4, -0.2) is 25.4 Å². The second kappa shape index (κ2) is 9.94. The lowest BCUT2D eigenvalue weighted by Crippen LogP contribution is -2.16. The van der Waals surface area contributed by atoms with Gasteiger partial charge in [-0.15, -0.1) is 0 Å². The summed E-state index contributed by atoms with van der Waals surface area (Å²) in [5, 5.41) is 12.0. The highest BCUT2D eigenvalue weighted by molar-refractivity contribution is 6.33. The summed E-state index contributed by atoms with van der Waals surface area (Å²) in [6.45, 7) is 9.59. The molecule has 0 saturated carbocycles. The molecule has 28 heavy (non-hydrogen) atoms. The molecule has 0 radical (unpaired) electrons. The monoisotopic (exact) mass is 399 g/mol. The molecule has 1 aliphatic heterocycles. The Labute approximate surface area is 173 Å². The van der Waals surface area contributed by atoms with Crippen LogP contribution in [0.2, 0.25) is 5.02 Å². The van der Waals surface area contributed by atoms with Gasteiger partial charge in [-0.3, -0.25) is 0 Å². The smallest absolute Gasteiger partial charge is 0.119 e. The number of oxime groups is 1. The summed E-state index contributed by atoms with van der Waals surface area (Å²) in [7, 11) is 0. The standard InChI is InChI=1S/C23H30ClN3O/c1-16(2)15-28-27-17(3)19-6-4-18(5-7-19)14-26-23-21-11-13-25-12-10-20(21)8-9-22(23)24/h4-9,16,25-26H,10-15H2,1-3H3. The first-order valence-corrected chi connectivity index (χ1v) is 10.4. The third-order valence-electron chi connectivity index (χ3n) is 4.93. The van der Waals surface area contributed by atoms with Crippen molar-refractivity contribution in [1.82, 2.24) is 5.32 Å². The van der Waals surface area contributed by atoms with Gasteiger partial charge >= 0.3 is 0 Å². The fourth-order valence-corrected chi connectivity index (χ4v) is 3.57. The predicted molar refractivity (Wildman–Crippen MR) is 118 cm³/mol. The molecule has 1 aliphatic rings. The van der Waals surface area contributed by atoms with Crippen LogP contribution < -0.4 is 10.6 Å². The third-order valence-corrected chi connectivity index (χ3v) is 5.25. The van der Waals surface area contributed by atoms with Crippen molar-refractivity contribution in [3.05, 3.63) is 63.7 Å². The normalized spacial score (nSPS) is 14.5. The quantitative estimate of drug-likeness (QED) is 0.506. The number of halogens is 1.